The van der Waals surface area contributed by atoms with Crippen molar-refractivity contribution in [1.82, 2.24) is 25.4 Å². The Kier molecular flexibility index (Phi) is 6.46. The summed E-state index contributed by atoms with van der Waals surface area (Å²) in [5.74, 6) is 1.86. The maximum Gasteiger partial charge on any atom is 0.191 e. The molecule has 0 saturated carbocycles. The van der Waals surface area contributed by atoms with Crippen molar-refractivity contribution in [3.8, 4) is 0 Å². The van der Waals surface area contributed by atoms with E-state index >= 15 is 0 Å². The van der Waals surface area contributed by atoms with Gasteiger partial charge in [0.05, 0.1) is 12.2 Å². The van der Waals surface area contributed by atoms with Crippen molar-refractivity contribution < 1.29 is 0 Å². The van der Waals surface area contributed by atoms with Crippen molar-refractivity contribution in [3.63, 3.8) is 0 Å². The zero-order valence-electron chi connectivity index (χ0n) is 15.8. The summed E-state index contributed by atoms with van der Waals surface area (Å²) < 4.78 is 1.86. The van der Waals surface area contributed by atoms with Crippen LogP contribution in [0.3, 0.4) is 0 Å². The fourth-order valence-electron chi connectivity index (χ4n) is 3.20. The van der Waals surface area contributed by atoms with E-state index in [-0.39, 0.29) is 0 Å². The second-order valence-corrected chi connectivity index (χ2v) is 6.65. The number of aromatic nitrogens is 3. The molecule has 0 amide bonds. The van der Waals surface area contributed by atoms with Gasteiger partial charge in [-0.1, -0.05) is 12.8 Å². The molecule has 0 spiro atoms. The Balaban J connectivity index is 1.54. The summed E-state index contributed by atoms with van der Waals surface area (Å²) in [7, 11) is 3.72. The number of nitrogens with zero attached hydrogens (tertiary/aromatic N) is 5. The van der Waals surface area contributed by atoms with Crippen molar-refractivity contribution >= 4 is 11.8 Å². The van der Waals surface area contributed by atoms with E-state index in [4.69, 9.17) is 0 Å². The Morgan fingerprint density at radius 2 is 1.85 bits per heavy atom. The predicted octanol–water partition coefficient (Wildman–Crippen LogP) is 2.06. The number of aliphatic imine (C=N–C) groups is 1. The quantitative estimate of drug-likeness (QED) is 0.635. The number of anilines is 1. The minimum absolute atomic E-state index is 0.686. The third-order valence-electron chi connectivity index (χ3n) is 4.78. The molecule has 2 N–H and O–H groups in total. The zero-order valence-corrected chi connectivity index (χ0v) is 15.8. The first kappa shape index (κ1) is 18.2. The topological polar surface area (TPSA) is 70.4 Å². The smallest absolute Gasteiger partial charge is 0.191 e. The molecule has 1 saturated heterocycles. The van der Waals surface area contributed by atoms with Crippen LogP contribution >= 0.6 is 0 Å². The molecule has 7 heteroatoms. The Bertz CT molecular complexity index is 714. The van der Waals surface area contributed by atoms with Crippen molar-refractivity contribution in [1.29, 1.82) is 0 Å². The third-order valence-corrected chi connectivity index (χ3v) is 4.78. The average Bonchev–Trinajstić information content (AvgIpc) is 2.91. The molecule has 3 heterocycles. The summed E-state index contributed by atoms with van der Waals surface area (Å²) in [4.78, 5) is 11.3. The Morgan fingerprint density at radius 3 is 2.54 bits per heavy atom. The lowest BCUT2D eigenvalue weighted by Crippen LogP contribution is -2.36. The molecule has 0 aromatic carbocycles. The van der Waals surface area contributed by atoms with E-state index < -0.39 is 0 Å². The molecule has 2 aromatic heterocycles. The lowest BCUT2D eigenvalue weighted by molar-refractivity contribution is 0.684. The van der Waals surface area contributed by atoms with Crippen molar-refractivity contribution in [2.45, 2.75) is 38.8 Å². The van der Waals surface area contributed by atoms with Crippen molar-refractivity contribution in [2.24, 2.45) is 12.0 Å². The van der Waals surface area contributed by atoms with Gasteiger partial charge in [0.2, 0.25) is 0 Å². The molecule has 0 bridgehead atoms. The molecule has 0 radical (unpaired) electrons. The summed E-state index contributed by atoms with van der Waals surface area (Å²) in [6, 6.07) is 6.24. The SMILES string of the molecule is CN=C(NCc1ccnc(N2CCCCCC2)c1)NCc1ccnn1C. The monoisotopic (exact) mass is 355 g/mol. The van der Waals surface area contributed by atoms with Gasteiger partial charge in [0.25, 0.3) is 0 Å². The van der Waals surface area contributed by atoms with Crippen LogP contribution in [0, 0.1) is 0 Å². The van der Waals surface area contributed by atoms with E-state index in [0.717, 1.165) is 30.6 Å². The van der Waals surface area contributed by atoms with Crippen LogP contribution in [0.1, 0.15) is 36.9 Å². The van der Waals surface area contributed by atoms with Gasteiger partial charge in [-0.05, 0) is 36.6 Å². The van der Waals surface area contributed by atoms with Crippen LogP contribution in [-0.2, 0) is 20.1 Å². The van der Waals surface area contributed by atoms with Gasteiger partial charge in [-0.2, -0.15) is 5.10 Å². The molecular formula is C19H29N7. The first-order valence-corrected chi connectivity index (χ1v) is 9.37. The van der Waals surface area contributed by atoms with Gasteiger partial charge in [-0.3, -0.25) is 9.67 Å². The predicted molar refractivity (Wildman–Crippen MR) is 105 cm³/mol. The van der Waals surface area contributed by atoms with E-state index in [1.807, 2.05) is 24.0 Å². The normalized spacial score (nSPS) is 15.6. The highest BCUT2D eigenvalue weighted by molar-refractivity contribution is 5.79. The number of nitrogens with one attached hydrogen (secondary N) is 2. The molecule has 1 fully saturated rings. The van der Waals surface area contributed by atoms with E-state index in [1.54, 1.807) is 13.2 Å². The Morgan fingerprint density at radius 1 is 1.08 bits per heavy atom. The van der Waals surface area contributed by atoms with Gasteiger partial charge in [0, 0.05) is 46.1 Å². The zero-order chi connectivity index (χ0) is 18.2. The van der Waals surface area contributed by atoms with Crippen molar-refractivity contribution in [3.05, 3.63) is 41.9 Å². The summed E-state index contributed by atoms with van der Waals surface area (Å²) >= 11 is 0. The van der Waals surface area contributed by atoms with E-state index in [9.17, 15) is 0 Å². The molecule has 0 atom stereocenters. The van der Waals surface area contributed by atoms with Gasteiger partial charge in [-0.15, -0.1) is 0 Å². The molecular weight excluding hydrogens is 326 g/mol. The maximum atomic E-state index is 4.57. The van der Waals surface area contributed by atoms with E-state index in [0.29, 0.717) is 13.1 Å². The van der Waals surface area contributed by atoms with Crippen LogP contribution < -0.4 is 15.5 Å². The van der Waals surface area contributed by atoms with Crippen LogP contribution in [0.15, 0.2) is 35.6 Å². The fraction of sp³-hybridized carbons (Fsp3) is 0.526. The van der Waals surface area contributed by atoms with Crippen LogP contribution in [-0.4, -0.2) is 40.9 Å². The van der Waals surface area contributed by atoms with Gasteiger partial charge in [-0.25, -0.2) is 4.98 Å². The molecule has 3 rings (SSSR count). The van der Waals surface area contributed by atoms with Gasteiger partial charge < -0.3 is 15.5 Å². The van der Waals surface area contributed by atoms with Crippen LogP contribution in [0.4, 0.5) is 5.82 Å². The second-order valence-electron chi connectivity index (χ2n) is 6.65. The summed E-state index contributed by atoms with van der Waals surface area (Å²) in [6.07, 6.45) is 8.88. The highest BCUT2D eigenvalue weighted by Crippen LogP contribution is 2.18. The average molecular weight is 355 g/mol. The molecule has 0 aliphatic carbocycles. The first-order chi connectivity index (χ1) is 12.8. The minimum atomic E-state index is 0.686. The molecule has 2 aromatic rings. The Labute approximate surface area is 155 Å². The molecule has 7 nitrogen and oxygen atoms in total. The number of rotatable bonds is 5. The minimum Gasteiger partial charge on any atom is -0.357 e. The molecule has 26 heavy (non-hydrogen) atoms. The standard InChI is InChI=1S/C19H29N7/c1-20-19(23-15-17-8-10-24-25(17)2)22-14-16-7-9-21-18(13-16)26-11-5-3-4-6-12-26/h7-10,13H,3-6,11-12,14-15H2,1-2H3,(H2,20,22,23). The molecule has 1 aliphatic rings. The summed E-state index contributed by atoms with van der Waals surface area (Å²) in [5, 5.41) is 10.9. The number of aryl methyl sites for hydroxylation is 1. The lowest BCUT2D eigenvalue weighted by atomic mass is 10.2. The van der Waals surface area contributed by atoms with E-state index in [1.165, 1.54) is 31.2 Å². The number of hydrogen-bond acceptors (Lipinski definition) is 4. The second kappa shape index (κ2) is 9.22. The maximum absolute atomic E-state index is 4.57. The lowest BCUT2D eigenvalue weighted by Gasteiger charge is -2.22. The van der Waals surface area contributed by atoms with E-state index in [2.05, 4.69) is 42.7 Å². The van der Waals surface area contributed by atoms with Gasteiger partial charge in [0.1, 0.15) is 5.82 Å². The number of guanidine groups is 1. The number of hydrogen-bond donors (Lipinski definition) is 2. The molecule has 1 aliphatic heterocycles. The number of pyridine rings is 1. The summed E-state index contributed by atoms with van der Waals surface area (Å²) in [6.45, 7) is 3.62. The van der Waals surface area contributed by atoms with Crippen LogP contribution in [0.5, 0.6) is 0 Å². The highest BCUT2D eigenvalue weighted by Gasteiger charge is 2.11. The van der Waals surface area contributed by atoms with Gasteiger partial charge in [0.15, 0.2) is 5.96 Å². The first-order valence-electron chi connectivity index (χ1n) is 9.37. The third kappa shape index (κ3) is 4.97. The molecule has 0 unspecified atom stereocenters. The van der Waals surface area contributed by atoms with Crippen LogP contribution in [0.2, 0.25) is 0 Å². The van der Waals surface area contributed by atoms with Gasteiger partial charge >= 0.3 is 0 Å². The van der Waals surface area contributed by atoms with Crippen LogP contribution in [0.25, 0.3) is 0 Å². The van der Waals surface area contributed by atoms with Crippen molar-refractivity contribution in [2.75, 3.05) is 25.0 Å². The molecule has 140 valence electrons. The summed E-state index contributed by atoms with van der Waals surface area (Å²) in [5.41, 5.74) is 2.32. The largest absolute Gasteiger partial charge is 0.357 e. The fourth-order valence-corrected chi connectivity index (χ4v) is 3.20. The Hall–Kier alpha value is -2.57. The highest BCUT2D eigenvalue weighted by atomic mass is 15.3.